The Kier molecular flexibility index (Phi) is 17.9. The van der Waals surface area contributed by atoms with Gasteiger partial charge in [0.15, 0.2) is 5.71 Å². The molecule has 4 aliphatic rings. The van der Waals surface area contributed by atoms with E-state index >= 15 is 0 Å². The zero-order valence-corrected chi connectivity index (χ0v) is 41.0. The zero-order chi connectivity index (χ0) is 49.3. The average molecular weight is 1010 g/mol. The molecule has 17 nitrogen and oxygen atoms in total. The second-order valence-electron chi connectivity index (χ2n) is 17.6. The highest BCUT2D eigenvalue weighted by atomic mass is 32.2. The molecule has 0 radical (unpaired) electrons. The second kappa shape index (κ2) is 22.4. The molecule has 1 aromatic rings. The number of aliphatic carboxylic acids is 1. The van der Waals surface area contributed by atoms with Crippen molar-refractivity contribution in [2.45, 2.75) is 113 Å². The molecule has 0 amide bonds. The maximum atomic E-state index is 12.6. The van der Waals surface area contributed by atoms with Gasteiger partial charge in [0.25, 0.3) is 40.5 Å². The molecule has 67 heavy (non-hydrogen) atoms. The van der Waals surface area contributed by atoms with Crippen molar-refractivity contribution >= 4 is 57.8 Å². The van der Waals surface area contributed by atoms with Gasteiger partial charge in [-0.3, -0.25) is 18.5 Å². The van der Waals surface area contributed by atoms with Crippen LogP contribution in [0.5, 0.6) is 0 Å². The van der Waals surface area contributed by atoms with Crippen molar-refractivity contribution in [1.82, 2.24) is 0 Å². The van der Waals surface area contributed by atoms with E-state index in [9.17, 15) is 57.2 Å². The lowest BCUT2D eigenvalue weighted by Crippen LogP contribution is -2.32. The molecule has 2 heterocycles. The lowest BCUT2D eigenvalue weighted by molar-refractivity contribution is -0.470. The first-order valence-electron chi connectivity index (χ1n) is 22.2. The smallest absolute Gasteiger partial charge is 0.303 e. The molecule has 2 aliphatic carbocycles. The molecular formula is C46H62N3O14S4+. The fourth-order valence-electron chi connectivity index (χ4n) is 9.45. The second-order valence-corrected chi connectivity index (χ2v) is 24.0. The molecule has 3 atom stereocenters. The van der Waals surface area contributed by atoms with E-state index < -0.39 is 68.3 Å². The van der Waals surface area contributed by atoms with Gasteiger partial charge in [0.2, 0.25) is 5.70 Å². The molecule has 6 N–H and O–H groups in total. The SMILES string of the molecule is CC1(CCCCS(=O)(=O)O)C2=C(C=CC(S(=O)(=O)O)C2)[N+](CCCC2=C/C=C\C=C/C=C\2)=C1/C=C/C=C1/N(CCCCCC(=O)O)c2ccc(S(=O)(=O)O)cc2C1(C)CCCCS(=O)(=O)ON. The van der Waals surface area contributed by atoms with Gasteiger partial charge in [-0.25, -0.2) is 0 Å². The number of carbonyl (C=O) groups is 1. The topological polar surface area (TPSA) is 276 Å². The summed E-state index contributed by atoms with van der Waals surface area (Å²) in [5.41, 5.74) is 3.40. The maximum Gasteiger partial charge on any atom is 0.303 e. The molecule has 2 aliphatic heterocycles. The largest absolute Gasteiger partial charge is 0.481 e. The normalized spacial score (nSPS) is 25.0. The molecule has 3 unspecified atom stereocenters. The average Bonchev–Trinajstić information content (AvgIpc) is 3.60. The van der Waals surface area contributed by atoms with Crippen LogP contribution in [0.3, 0.4) is 0 Å². The van der Waals surface area contributed by atoms with Crippen LogP contribution in [0, 0.1) is 5.41 Å². The predicted octanol–water partition coefficient (Wildman–Crippen LogP) is 6.88. The molecule has 5 rings (SSSR count). The van der Waals surface area contributed by atoms with E-state index in [0.29, 0.717) is 87.8 Å². The van der Waals surface area contributed by atoms with Crippen LogP contribution in [0.25, 0.3) is 0 Å². The predicted molar refractivity (Wildman–Crippen MR) is 257 cm³/mol. The van der Waals surface area contributed by atoms with E-state index in [1.807, 2.05) is 79.5 Å². The Morgan fingerprint density at radius 3 is 2.21 bits per heavy atom. The minimum Gasteiger partial charge on any atom is -0.481 e. The zero-order valence-electron chi connectivity index (χ0n) is 37.7. The number of unbranched alkanes of at least 4 members (excludes halogenated alkanes) is 4. The van der Waals surface area contributed by atoms with Crippen LogP contribution in [-0.2, 0) is 55.0 Å². The Morgan fingerprint density at radius 1 is 0.851 bits per heavy atom. The molecule has 0 spiro atoms. The quantitative estimate of drug-likeness (QED) is 0.0289. The first-order valence-corrected chi connectivity index (χ1v) is 28.3. The van der Waals surface area contributed by atoms with Crippen molar-refractivity contribution in [2.75, 3.05) is 29.5 Å². The molecule has 21 heteroatoms. The molecule has 0 aromatic heterocycles. The van der Waals surface area contributed by atoms with E-state index in [2.05, 4.69) is 8.86 Å². The summed E-state index contributed by atoms with van der Waals surface area (Å²) >= 11 is 0. The number of rotatable bonds is 25. The molecular weight excluding hydrogens is 947 g/mol. The highest BCUT2D eigenvalue weighted by molar-refractivity contribution is 7.87. The number of benzene rings is 1. The Hall–Kier alpha value is -4.32. The van der Waals surface area contributed by atoms with E-state index in [1.54, 1.807) is 12.1 Å². The van der Waals surface area contributed by atoms with Crippen LogP contribution in [0.1, 0.15) is 103 Å². The van der Waals surface area contributed by atoms with Crippen LogP contribution in [-0.4, -0.2) is 98.5 Å². The van der Waals surface area contributed by atoms with Gasteiger partial charge >= 0.3 is 5.97 Å². The number of allylic oxidation sites excluding steroid dienone is 14. The van der Waals surface area contributed by atoms with Gasteiger partial charge in [0.1, 0.15) is 11.8 Å². The number of carboxylic acids is 1. The van der Waals surface area contributed by atoms with E-state index in [4.69, 9.17) is 5.90 Å². The number of hydrogen-bond donors (Lipinski definition) is 5. The summed E-state index contributed by atoms with van der Waals surface area (Å²) in [6.45, 7) is 4.73. The van der Waals surface area contributed by atoms with Crippen LogP contribution in [0.15, 0.2) is 119 Å². The maximum absolute atomic E-state index is 12.6. The number of nitrogens with two attached hydrogens (primary N) is 1. The van der Waals surface area contributed by atoms with Gasteiger partial charge in [-0.05, 0) is 101 Å². The van der Waals surface area contributed by atoms with Crippen molar-refractivity contribution in [2.24, 2.45) is 11.3 Å². The minimum absolute atomic E-state index is 0.0164. The summed E-state index contributed by atoms with van der Waals surface area (Å²) in [4.78, 5) is 13.0. The van der Waals surface area contributed by atoms with Crippen LogP contribution in [0.4, 0.5) is 5.69 Å². The van der Waals surface area contributed by atoms with Crippen LogP contribution in [0.2, 0.25) is 0 Å². The summed E-state index contributed by atoms with van der Waals surface area (Å²) in [5.74, 6) is 3.23. The third kappa shape index (κ3) is 14.1. The summed E-state index contributed by atoms with van der Waals surface area (Å²) in [6.07, 6.45) is 27.0. The van der Waals surface area contributed by atoms with Crippen molar-refractivity contribution in [3.05, 3.63) is 119 Å². The number of hydrogen-bond acceptors (Lipinski definition) is 12. The van der Waals surface area contributed by atoms with Gasteiger partial charge in [-0.1, -0.05) is 73.9 Å². The Morgan fingerprint density at radius 2 is 1.54 bits per heavy atom. The van der Waals surface area contributed by atoms with Crippen molar-refractivity contribution < 1.29 is 66.1 Å². The lowest BCUT2D eigenvalue weighted by Gasteiger charge is -2.31. The summed E-state index contributed by atoms with van der Waals surface area (Å²) in [6, 6.07) is 4.31. The van der Waals surface area contributed by atoms with Crippen molar-refractivity contribution in [3.8, 4) is 0 Å². The van der Waals surface area contributed by atoms with Crippen LogP contribution < -0.4 is 10.8 Å². The monoisotopic (exact) mass is 1010 g/mol. The van der Waals surface area contributed by atoms with Gasteiger partial charge < -0.3 is 10.0 Å². The minimum atomic E-state index is -4.65. The molecule has 1 aromatic carbocycles. The molecule has 0 fully saturated rings. The standard InChI is InChI=1S/C46H61N3O14S4/c1-45(27-10-13-31-64(52,53)54)39-34-37(67(60,61)62)24-26-41(39)49(30-16-19-35-17-7-4-3-5-8-18-35)43(45)21-15-20-42-46(2,28-11-14-32-65(55,56)63-47)38-33-36(66(57,58)59)23-25-40(38)48(42)29-12-6-9-22-44(50)51/h3-5,7-8,15,17-18,20-21,23-26,33,37H,6,9-14,16,19,22,27-32,34,47H2,1-2H3,(H3-,50,51,52,53,54,57,58,59,60,61,62)/p+1/b4-3-,5-3?,7-4?,8-5-,17-7-,18-8?,35-17?,35-18+. The Labute approximate surface area is 394 Å². The van der Waals surface area contributed by atoms with Gasteiger partial charge in [0.05, 0.1) is 21.8 Å². The third-order valence-corrected chi connectivity index (χ3v) is 16.7. The molecule has 0 saturated carbocycles. The summed E-state index contributed by atoms with van der Waals surface area (Å²) < 4.78 is 134. The van der Waals surface area contributed by atoms with Gasteiger partial charge in [-0.15, -0.1) is 0 Å². The van der Waals surface area contributed by atoms with Crippen molar-refractivity contribution in [1.29, 1.82) is 0 Å². The number of anilines is 1. The first-order chi connectivity index (χ1) is 31.4. The number of carboxylic acid groups (broad SMARTS) is 1. The number of nitrogens with zero attached hydrogens (tertiary/aromatic N) is 2. The number of fused-ring (bicyclic) bond motifs is 1. The van der Waals surface area contributed by atoms with E-state index in [1.165, 1.54) is 18.2 Å². The first kappa shape index (κ1) is 53.6. The molecule has 368 valence electrons. The Bertz CT molecular complexity index is 2780. The summed E-state index contributed by atoms with van der Waals surface area (Å²) in [7, 11) is -17.4. The Balaban J connectivity index is 1.65. The highest BCUT2D eigenvalue weighted by Crippen LogP contribution is 2.52. The fourth-order valence-corrected chi connectivity index (χ4v) is 11.8. The van der Waals surface area contributed by atoms with Gasteiger partial charge in [-0.2, -0.15) is 48.4 Å². The van der Waals surface area contributed by atoms with E-state index in [0.717, 1.165) is 22.6 Å². The molecule has 0 bridgehead atoms. The fraction of sp³-hybridized carbons (Fsp3) is 0.478. The van der Waals surface area contributed by atoms with Crippen molar-refractivity contribution in [3.63, 3.8) is 0 Å². The van der Waals surface area contributed by atoms with Gasteiger partial charge in [0, 0.05) is 53.9 Å². The summed E-state index contributed by atoms with van der Waals surface area (Å²) in [5, 5.41) is 8.04. The lowest BCUT2D eigenvalue weighted by atomic mass is 9.72. The van der Waals surface area contributed by atoms with Crippen LogP contribution >= 0.6 is 0 Å². The molecule has 0 saturated heterocycles. The van der Waals surface area contributed by atoms with E-state index in [-0.39, 0.29) is 36.3 Å². The highest BCUT2D eigenvalue weighted by Gasteiger charge is 2.51. The third-order valence-electron chi connectivity index (χ3n) is 12.9.